The van der Waals surface area contributed by atoms with Crippen molar-refractivity contribution in [3.05, 3.63) is 114 Å². The Morgan fingerprint density at radius 1 is 0.586 bits per heavy atom. The van der Waals surface area contributed by atoms with E-state index in [2.05, 4.69) is 13.2 Å². The summed E-state index contributed by atoms with van der Waals surface area (Å²) in [6, 6.07) is 12.6. The first-order valence-corrected chi connectivity index (χ1v) is 18.4. The quantitative estimate of drug-likeness (QED) is 0.0380. The lowest BCUT2D eigenvalue weighted by atomic mass is 9.82. The van der Waals surface area contributed by atoms with Gasteiger partial charge in [0.05, 0.1) is 37.1 Å². The zero-order chi connectivity index (χ0) is 42.3. The number of halogens is 6. The van der Waals surface area contributed by atoms with E-state index in [9.17, 15) is 45.5 Å². The number of benzene rings is 3. The molecule has 0 atom stereocenters. The van der Waals surface area contributed by atoms with E-state index in [0.29, 0.717) is 31.8 Å². The molecule has 0 heterocycles. The number of hydrogen-bond donors (Lipinski definition) is 0. The second kappa shape index (κ2) is 21.2. The van der Waals surface area contributed by atoms with Gasteiger partial charge in [-0.2, -0.15) is 26.3 Å². The summed E-state index contributed by atoms with van der Waals surface area (Å²) in [6.07, 6.45) is -3.77. The standard InChI is InChI=1S/C42H42F6O10/c1-3-35(49)55-25-7-5-23-53-31-17-13-28(14-18-31)27-9-11-29(12-10-27)39(51)57-32-19-15-30(16-20-32)40(52)58-34-22-21-33(54-24-6-8-26-56-36(50)4-2)37(41(43,44)45)38(34)42(46,47)48/h3-4,9-12,15-16,19-22,28,31H,1-2,5-8,13-14,17-18,23-26H2. The molecule has 0 aliphatic heterocycles. The molecule has 10 nitrogen and oxygen atoms in total. The highest BCUT2D eigenvalue weighted by atomic mass is 19.4. The van der Waals surface area contributed by atoms with Crippen LogP contribution in [0.15, 0.2) is 86.0 Å². The lowest BCUT2D eigenvalue weighted by molar-refractivity contribution is -0.163. The average Bonchev–Trinajstić information content (AvgIpc) is 3.20. The van der Waals surface area contributed by atoms with Gasteiger partial charge in [-0.05, 0) is 111 Å². The van der Waals surface area contributed by atoms with Crippen molar-refractivity contribution >= 4 is 23.9 Å². The largest absolute Gasteiger partial charge is 0.493 e. The van der Waals surface area contributed by atoms with Crippen molar-refractivity contribution in [3.63, 3.8) is 0 Å². The Balaban J connectivity index is 1.31. The molecule has 312 valence electrons. The number of unbranched alkanes of at least 4 members (excludes halogenated alkanes) is 2. The number of hydrogen-bond acceptors (Lipinski definition) is 10. The number of carbonyl (C=O) groups is 4. The second-order valence-corrected chi connectivity index (χ2v) is 13.1. The van der Waals surface area contributed by atoms with Gasteiger partial charge in [-0.3, -0.25) is 0 Å². The number of ether oxygens (including phenoxy) is 6. The smallest absolute Gasteiger partial charge is 0.420 e. The number of rotatable bonds is 19. The number of carbonyl (C=O) groups excluding carboxylic acids is 4. The lowest BCUT2D eigenvalue weighted by Crippen LogP contribution is -2.21. The van der Waals surface area contributed by atoms with E-state index in [0.717, 1.165) is 62.0 Å². The van der Waals surface area contributed by atoms with Gasteiger partial charge < -0.3 is 28.4 Å². The van der Waals surface area contributed by atoms with Crippen LogP contribution in [-0.4, -0.2) is 56.4 Å². The monoisotopic (exact) mass is 820 g/mol. The van der Waals surface area contributed by atoms with Crippen molar-refractivity contribution in [1.29, 1.82) is 0 Å². The summed E-state index contributed by atoms with van der Waals surface area (Å²) in [4.78, 5) is 47.9. The molecule has 3 aromatic rings. The molecular weight excluding hydrogens is 778 g/mol. The van der Waals surface area contributed by atoms with Crippen molar-refractivity contribution in [1.82, 2.24) is 0 Å². The van der Waals surface area contributed by atoms with Crippen molar-refractivity contribution in [2.75, 3.05) is 26.4 Å². The Kier molecular flexibility index (Phi) is 16.5. The van der Waals surface area contributed by atoms with Crippen LogP contribution in [0.3, 0.4) is 0 Å². The molecular formula is C42H42F6O10. The van der Waals surface area contributed by atoms with Gasteiger partial charge in [0, 0.05) is 18.8 Å². The summed E-state index contributed by atoms with van der Waals surface area (Å²) in [5.41, 5.74) is -3.47. The fourth-order valence-electron chi connectivity index (χ4n) is 6.07. The topological polar surface area (TPSA) is 124 Å². The highest BCUT2D eigenvalue weighted by Gasteiger charge is 2.48. The number of esters is 4. The Morgan fingerprint density at radius 2 is 1.05 bits per heavy atom. The summed E-state index contributed by atoms with van der Waals surface area (Å²) in [6.45, 7) is 6.92. The van der Waals surface area contributed by atoms with Crippen molar-refractivity contribution in [2.24, 2.45) is 0 Å². The van der Waals surface area contributed by atoms with E-state index in [1.807, 2.05) is 12.1 Å². The molecule has 0 bridgehead atoms. The molecule has 0 N–H and O–H groups in total. The van der Waals surface area contributed by atoms with Crippen LogP contribution in [0.25, 0.3) is 0 Å². The zero-order valence-corrected chi connectivity index (χ0v) is 31.3. The first kappa shape index (κ1) is 45.1. The van der Waals surface area contributed by atoms with Crippen LogP contribution in [-0.2, 0) is 36.2 Å². The van der Waals surface area contributed by atoms with Crippen molar-refractivity contribution < 1.29 is 73.9 Å². The molecule has 16 heteroatoms. The van der Waals surface area contributed by atoms with Gasteiger partial charge in [0.15, 0.2) is 0 Å². The van der Waals surface area contributed by atoms with Gasteiger partial charge in [0.25, 0.3) is 0 Å². The molecule has 58 heavy (non-hydrogen) atoms. The maximum Gasteiger partial charge on any atom is 0.420 e. The van der Waals surface area contributed by atoms with Gasteiger partial charge in [0.1, 0.15) is 28.4 Å². The average molecular weight is 821 g/mol. The minimum absolute atomic E-state index is 0.0163. The van der Waals surface area contributed by atoms with Gasteiger partial charge in [-0.25, -0.2) is 19.2 Å². The summed E-state index contributed by atoms with van der Waals surface area (Å²) in [5, 5.41) is 0. The fraction of sp³-hybridized carbons (Fsp3) is 0.381. The highest BCUT2D eigenvalue weighted by molar-refractivity contribution is 5.93. The van der Waals surface area contributed by atoms with Crippen LogP contribution in [0.5, 0.6) is 17.2 Å². The van der Waals surface area contributed by atoms with Gasteiger partial charge >= 0.3 is 36.2 Å². The fourth-order valence-corrected chi connectivity index (χ4v) is 6.07. The molecule has 1 fully saturated rings. The van der Waals surface area contributed by atoms with Crippen LogP contribution in [0, 0.1) is 0 Å². The molecule has 1 aliphatic carbocycles. The first-order chi connectivity index (χ1) is 27.6. The predicted molar refractivity (Wildman–Crippen MR) is 196 cm³/mol. The van der Waals surface area contributed by atoms with E-state index in [-0.39, 0.29) is 48.3 Å². The molecule has 0 spiro atoms. The maximum absolute atomic E-state index is 14.1. The van der Waals surface area contributed by atoms with Gasteiger partial charge in [-0.1, -0.05) is 25.3 Å². The van der Waals surface area contributed by atoms with Crippen LogP contribution in [0.4, 0.5) is 26.3 Å². The van der Waals surface area contributed by atoms with E-state index < -0.39 is 65.5 Å². The third-order valence-electron chi connectivity index (χ3n) is 9.00. The zero-order valence-electron chi connectivity index (χ0n) is 31.3. The molecule has 0 saturated heterocycles. The molecule has 4 rings (SSSR count). The lowest BCUT2D eigenvalue weighted by Gasteiger charge is -2.29. The van der Waals surface area contributed by atoms with Crippen LogP contribution < -0.4 is 14.2 Å². The highest BCUT2D eigenvalue weighted by Crippen LogP contribution is 2.49. The Labute approximate surface area is 330 Å². The predicted octanol–water partition coefficient (Wildman–Crippen LogP) is 9.60. The SMILES string of the molecule is C=CC(=O)OCCCCOc1ccc(OC(=O)c2ccc(OC(=O)c3ccc(C4CCC(OCCCCOC(=O)C=C)CC4)cc3)cc2)c(C(F)(F)F)c1C(F)(F)F. The second-order valence-electron chi connectivity index (χ2n) is 13.1. The molecule has 0 aromatic heterocycles. The number of alkyl halides is 6. The third-order valence-corrected chi connectivity index (χ3v) is 9.00. The van der Waals surface area contributed by atoms with Gasteiger partial charge in [-0.15, -0.1) is 0 Å². The normalized spacial score (nSPS) is 15.5. The summed E-state index contributed by atoms with van der Waals surface area (Å²) in [7, 11) is 0. The van der Waals surface area contributed by atoms with Crippen LogP contribution in [0.2, 0.25) is 0 Å². The molecule has 1 aliphatic rings. The molecule has 1 saturated carbocycles. The summed E-state index contributed by atoms with van der Waals surface area (Å²) in [5.74, 6) is -5.54. The minimum Gasteiger partial charge on any atom is -0.493 e. The van der Waals surface area contributed by atoms with E-state index in [1.54, 1.807) is 12.1 Å². The summed E-state index contributed by atoms with van der Waals surface area (Å²) < 4.78 is 116. The Hall–Kier alpha value is -5.64. The van der Waals surface area contributed by atoms with Crippen molar-refractivity contribution in [2.45, 2.75) is 75.7 Å². The maximum atomic E-state index is 14.1. The molecule has 3 aromatic carbocycles. The van der Waals surface area contributed by atoms with Crippen LogP contribution >= 0.6 is 0 Å². The van der Waals surface area contributed by atoms with E-state index >= 15 is 0 Å². The molecule has 0 radical (unpaired) electrons. The third kappa shape index (κ3) is 13.5. The van der Waals surface area contributed by atoms with Crippen molar-refractivity contribution in [3.8, 4) is 17.2 Å². The minimum atomic E-state index is -5.61. The molecule has 0 unspecified atom stereocenters. The van der Waals surface area contributed by atoms with E-state index in [1.165, 1.54) is 12.1 Å². The molecule has 0 amide bonds. The first-order valence-electron chi connectivity index (χ1n) is 18.4. The Morgan fingerprint density at radius 3 is 1.59 bits per heavy atom. The summed E-state index contributed by atoms with van der Waals surface area (Å²) >= 11 is 0. The van der Waals surface area contributed by atoms with Crippen LogP contribution in [0.1, 0.15) is 94.7 Å². The Bertz CT molecular complexity index is 1880. The van der Waals surface area contributed by atoms with Gasteiger partial charge in [0.2, 0.25) is 0 Å². The van der Waals surface area contributed by atoms with E-state index in [4.69, 9.17) is 28.4 Å².